The lowest BCUT2D eigenvalue weighted by Crippen LogP contribution is -2.17. The second-order valence-corrected chi connectivity index (χ2v) is 8.73. The molecule has 5 nitrogen and oxygen atoms in total. The van der Waals surface area contributed by atoms with E-state index in [1.165, 1.54) is 11.8 Å². The SMILES string of the molecule is Cc1ccc(Nc2ccc(NS(=O)(=O)CCCc3ccccc3)cn2)c(C)c1. The zero-order valence-corrected chi connectivity index (χ0v) is 17.0. The predicted molar refractivity (Wildman–Crippen MR) is 116 cm³/mol. The smallest absolute Gasteiger partial charge is 0.232 e. The first kappa shape index (κ1) is 19.9. The van der Waals surface area contributed by atoms with Crippen LogP contribution in [-0.4, -0.2) is 19.2 Å². The van der Waals surface area contributed by atoms with Gasteiger partial charge in [0.2, 0.25) is 10.0 Å². The highest BCUT2D eigenvalue weighted by Crippen LogP contribution is 2.21. The zero-order valence-electron chi connectivity index (χ0n) is 16.1. The summed E-state index contributed by atoms with van der Waals surface area (Å²) in [5, 5.41) is 3.25. The van der Waals surface area contributed by atoms with Crippen LogP contribution in [-0.2, 0) is 16.4 Å². The highest BCUT2D eigenvalue weighted by atomic mass is 32.2. The summed E-state index contributed by atoms with van der Waals surface area (Å²) in [6.45, 7) is 4.09. The minimum atomic E-state index is -3.40. The molecule has 0 amide bonds. The number of aryl methyl sites for hydroxylation is 3. The molecule has 0 aliphatic rings. The number of anilines is 3. The van der Waals surface area contributed by atoms with Crippen molar-refractivity contribution in [3.63, 3.8) is 0 Å². The van der Waals surface area contributed by atoms with Crippen LogP contribution >= 0.6 is 0 Å². The van der Waals surface area contributed by atoms with Crippen LogP contribution in [0.25, 0.3) is 0 Å². The Kier molecular flexibility index (Phi) is 6.31. The van der Waals surface area contributed by atoms with E-state index in [1.54, 1.807) is 12.1 Å². The Bertz CT molecular complexity index is 1020. The standard InChI is InChI=1S/C22H25N3O2S/c1-17-10-12-21(18(2)15-17)24-22-13-11-20(16-23-22)25-28(26,27)14-6-9-19-7-4-3-5-8-19/h3-5,7-8,10-13,15-16,25H,6,9,14H2,1-2H3,(H,23,24). The molecule has 0 saturated heterocycles. The van der Waals surface area contributed by atoms with Gasteiger partial charge in [-0.15, -0.1) is 0 Å². The van der Waals surface area contributed by atoms with Gasteiger partial charge in [0.05, 0.1) is 17.6 Å². The first-order chi connectivity index (χ1) is 13.4. The van der Waals surface area contributed by atoms with Gasteiger partial charge in [-0.2, -0.15) is 0 Å². The number of sulfonamides is 1. The van der Waals surface area contributed by atoms with E-state index in [2.05, 4.69) is 28.0 Å². The summed E-state index contributed by atoms with van der Waals surface area (Å²) in [5.74, 6) is 0.740. The van der Waals surface area contributed by atoms with Crippen LogP contribution in [0.15, 0.2) is 66.9 Å². The van der Waals surface area contributed by atoms with Crippen LogP contribution in [0.2, 0.25) is 0 Å². The van der Waals surface area contributed by atoms with E-state index >= 15 is 0 Å². The van der Waals surface area contributed by atoms with Crippen molar-refractivity contribution in [3.05, 3.63) is 83.6 Å². The number of hydrogen-bond acceptors (Lipinski definition) is 4. The normalized spacial score (nSPS) is 11.2. The minimum Gasteiger partial charge on any atom is -0.340 e. The van der Waals surface area contributed by atoms with Crippen molar-refractivity contribution in [3.8, 4) is 0 Å². The molecule has 146 valence electrons. The van der Waals surface area contributed by atoms with Crippen molar-refractivity contribution in [2.45, 2.75) is 26.7 Å². The van der Waals surface area contributed by atoms with Gasteiger partial charge in [-0.3, -0.25) is 4.72 Å². The fourth-order valence-electron chi connectivity index (χ4n) is 2.96. The topological polar surface area (TPSA) is 71.1 Å². The number of pyridine rings is 1. The third kappa shape index (κ3) is 5.82. The third-order valence-electron chi connectivity index (χ3n) is 4.40. The summed E-state index contributed by atoms with van der Waals surface area (Å²) >= 11 is 0. The molecule has 2 aromatic carbocycles. The van der Waals surface area contributed by atoms with Crippen molar-refractivity contribution in [2.75, 3.05) is 15.8 Å². The zero-order chi connectivity index (χ0) is 20.0. The third-order valence-corrected chi connectivity index (χ3v) is 5.78. The molecule has 0 radical (unpaired) electrons. The molecule has 6 heteroatoms. The lowest BCUT2D eigenvalue weighted by atomic mass is 10.1. The molecule has 0 aliphatic carbocycles. The summed E-state index contributed by atoms with van der Waals surface area (Å²) in [6, 6.07) is 19.5. The lowest BCUT2D eigenvalue weighted by molar-refractivity contribution is 0.598. The van der Waals surface area contributed by atoms with Crippen molar-refractivity contribution >= 4 is 27.2 Å². The van der Waals surface area contributed by atoms with Gasteiger partial charge in [0, 0.05) is 5.69 Å². The van der Waals surface area contributed by atoms with Crippen molar-refractivity contribution in [2.24, 2.45) is 0 Å². The Morgan fingerprint density at radius 3 is 2.43 bits per heavy atom. The Morgan fingerprint density at radius 1 is 0.964 bits per heavy atom. The number of benzene rings is 2. The van der Waals surface area contributed by atoms with Crippen LogP contribution in [0.4, 0.5) is 17.2 Å². The number of nitrogens with one attached hydrogen (secondary N) is 2. The molecule has 0 fully saturated rings. The molecule has 2 N–H and O–H groups in total. The van der Waals surface area contributed by atoms with E-state index in [9.17, 15) is 8.42 Å². The first-order valence-corrected chi connectivity index (χ1v) is 10.9. The van der Waals surface area contributed by atoms with Crippen LogP contribution in [0, 0.1) is 13.8 Å². The molecule has 0 aliphatic heterocycles. The van der Waals surface area contributed by atoms with Crippen LogP contribution in [0.5, 0.6) is 0 Å². The molecule has 3 rings (SSSR count). The molecule has 0 bridgehead atoms. The van der Waals surface area contributed by atoms with E-state index in [0.29, 0.717) is 17.9 Å². The summed E-state index contributed by atoms with van der Waals surface area (Å²) in [6.07, 6.45) is 2.83. The van der Waals surface area contributed by atoms with Crippen LogP contribution in [0.1, 0.15) is 23.1 Å². The summed E-state index contributed by atoms with van der Waals surface area (Å²) in [4.78, 5) is 4.31. The van der Waals surface area contributed by atoms with Gasteiger partial charge in [-0.05, 0) is 56.0 Å². The van der Waals surface area contributed by atoms with Crippen molar-refractivity contribution < 1.29 is 8.42 Å². The molecule has 0 spiro atoms. The maximum atomic E-state index is 12.3. The second-order valence-electron chi connectivity index (χ2n) is 6.89. The largest absolute Gasteiger partial charge is 0.340 e. The van der Waals surface area contributed by atoms with E-state index in [4.69, 9.17) is 0 Å². The van der Waals surface area contributed by atoms with Gasteiger partial charge >= 0.3 is 0 Å². The van der Waals surface area contributed by atoms with E-state index in [-0.39, 0.29) is 5.75 Å². The predicted octanol–water partition coefficient (Wildman–Crippen LogP) is 4.82. The first-order valence-electron chi connectivity index (χ1n) is 9.26. The average molecular weight is 396 g/mol. The molecule has 0 atom stereocenters. The van der Waals surface area contributed by atoms with Crippen LogP contribution in [0.3, 0.4) is 0 Å². The maximum absolute atomic E-state index is 12.3. The fourth-order valence-corrected chi connectivity index (χ4v) is 4.07. The number of aromatic nitrogens is 1. The van der Waals surface area contributed by atoms with Crippen molar-refractivity contribution in [1.29, 1.82) is 0 Å². The summed E-state index contributed by atoms with van der Waals surface area (Å²) in [7, 11) is -3.40. The van der Waals surface area contributed by atoms with Gasteiger partial charge in [0.25, 0.3) is 0 Å². The molecule has 3 aromatic rings. The Morgan fingerprint density at radius 2 is 1.75 bits per heavy atom. The van der Waals surface area contributed by atoms with Gasteiger partial charge in [-0.1, -0.05) is 48.0 Å². The van der Waals surface area contributed by atoms with Crippen molar-refractivity contribution in [1.82, 2.24) is 4.98 Å². The van der Waals surface area contributed by atoms with Gasteiger partial charge in [-0.25, -0.2) is 13.4 Å². The number of nitrogens with zero attached hydrogens (tertiary/aromatic N) is 1. The molecular formula is C22H25N3O2S. The van der Waals surface area contributed by atoms with E-state index in [1.807, 2.05) is 49.4 Å². The molecule has 0 saturated carbocycles. The molecular weight excluding hydrogens is 370 g/mol. The Hall–Kier alpha value is -2.86. The summed E-state index contributed by atoms with van der Waals surface area (Å²) < 4.78 is 27.2. The van der Waals surface area contributed by atoms with Gasteiger partial charge in [0.15, 0.2) is 0 Å². The quantitative estimate of drug-likeness (QED) is 0.574. The summed E-state index contributed by atoms with van der Waals surface area (Å²) in [5.41, 5.74) is 4.91. The van der Waals surface area contributed by atoms with Gasteiger partial charge < -0.3 is 5.32 Å². The molecule has 0 unspecified atom stereocenters. The number of hydrogen-bond donors (Lipinski definition) is 2. The lowest BCUT2D eigenvalue weighted by Gasteiger charge is -2.11. The molecule has 1 heterocycles. The maximum Gasteiger partial charge on any atom is 0.232 e. The average Bonchev–Trinajstić information content (AvgIpc) is 2.66. The Balaban J connectivity index is 1.55. The fraction of sp³-hybridized carbons (Fsp3) is 0.227. The monoisotopic (exact) mass is 395 g/mol. The van der Waals surface area contributed by atoms with E-state index in [0.717, 1.165) is 23.2 Å². The highest BCUT2D eigenvalue weighted by Gasteiger charge is 2.11. The number of rotatable bonds is 8. The van der Waals surface area contributed by atoms with Gasteiger partial charge in [0.1, 0.15) is 5.82 Å². The van der Waals surface area contributed by atoms with Crippen LogP contribution < -0.4 is 10.0 Å². The van der Waals surface area contributed by atoms with E-state index < -0.39 is 10.0 Å². The minimum absolute atomic E-state index is 0.0739. The Labute approximate surface area is 166 Å². The molecule has 1 aromatic heterocycles. The molecule has 28 heavy (non-hydrogen) atoms. The highest BCUT2D eigenvalue weighted by molar-refractivity contribution is 7.92. The second kappa shape index (κ2) is 8.89.